The van der Waals surface area contributed by atoms with Gasteiger partial charge < -0.3 is 5.32 Å². The van der Waals surface area contributed by atoms with Crippen LogP contribution in [-0.2, 0) is 9.05 Å². The van der Waals surface area contributed by atoms with Crippen LogP contribution in [0.15, 0.2) is 17.0 Å². The topological polar surface area (TPSA) is 63.2 Å². The summed E-state index contributed by atoms with van der Waals surface area (Å²) < 4.78 is 36.4. The molecule has 1 aromatic rings. The van der Waals surface area contributed by atoms with Gasteiger partial charge in [-0.05, 0) is 24.0 Å². The van der Waals surface area contributed by atoms with Crippen LogP contribution in [0, 0.1) is 17.7 Å². The predicted molar refractivity (Wildman–Crippen MR) is 80.8 cm³/mol. The Morgan fingerprint density at radius 3 is 2.38 bits per heavy atom. The highest BCUT2D eigenvalue weighted by Gasteiger charge is 2.22. The normalized spacial score (nSPS) is 13.3. The maximum absolute atomic E-state index is 13.8. The van der Waals surface area contributed by atoms with Crippen LogP contribution < -0.4 is 5.32 Å². The molecule has 0 aromatic heterocycles. The highest BCUT2D eigenvalue weighted by Crippen LogP contribution is 2.27. The third-order valence-electron chi connectivity index (χ3n) is 3.25. The number of rotatable bonds is 5. The van der Waals surface area contributed by atoms with Gasteiger partial charge in [-0.15, -0.1) is 0 Å². The molecule has 1 N–H and O–H groups in total. The average Bonchev–Trinajstić information content (AvgIpc) is 2.33. The van der Waals surface area contributed by atoms with Crippen LogP contribution >= 0.6 is 22.3 Å². The minimum Gasteiger partial charge on any atom is -0.352 e. The van der Waals surface area contributed by atoms with Gasteiger partial charge in [-0.1, -0.05) is 32.4 Å². The van der Waals surface area contributed by atoms with Crippen molar-refractivity contribution in [3.05, 3.63) is 28.5 Å². The fraction of sp³-hybridized carbons (Fsp3) is 0.462. The third-order valence-corrected chi connectivity index (χ3v) is 5.04. The number of amides is 1. The lowest BCUT2D eigenvalue weighted by molar-refractivity contribution is 0.0940. The molecule has 1 atom stereocenters. The molecule has 1 unspecified atom stereocenters. The summed E-state index contributed by atoms with van der Waals surface area (Å²) in [7, 11) is 1.04. The van der Waals surface area contributed by atoms with Crippen molar-refractivity contribution in [2.45, 2.75) is 25.7 Å². The van der Waals surface area contributed by atoms with E-state index in [1.165, 1.54) is 0 Å². The number of hydrogen-bond acceptors (Lipinski definition) is 3. The molecule has 0 aliphatic heterocycles. The Balaban J connectivity index is 3.05. The second-order valence-electron chi connectivity index (χ2n) is 5.13. The highest BCUT2D eigenvalue weighted by molar-refractivity contribution is 8.13. The van der Waals surface area contributed by atoms with Gasteiger partial charge in [0.15, 0.2) is 0 Å². The fourth-order valence-corrected chi connectivity index (χ4v) is 2.98. The standard InChI is InChI=1S/C13H16Cl2FNO3S/c1-7(2)8(3)6-17-13(18)9-4-12(21(15,19)20)10(14)5-11(9)16/h4-5,7-8H,6H2,1-3H3,(H,17,18). The van der Waals surface area contributed by atoms with Crippen LogP contribution in [-0.4, -0.2) is 20.9 Å². The molecule has 0 radical (unpaired) electrons. The van der Waals surface area contributed by atoms with E-state index < -0.39 is 31.2 Å². The molecule has 4 nitrogen and oxygen atoms in total. The second kappa shape index (κ2) is 6.94. The van der Waals surface area contributed by atoms with E-state index in [1.54, 1.807) is 0 Å². The molecule has 8 heteroatoms. The van der Waals surface area contributed by atoms with Gasteiger partial charge >= 0.3 is 0 Å². The van der Waals surface area contributed by atoms with Crippen LogP contribution in [0.3, 0.4) is 0 Å². The minimum absolute atomic E-state index is 0.195. The van der Waals surface area contributed by atoms with Crippen molar-refractivity contribution < 1.29 is 17.6 Å². The predicted octanol–water partition coefficient (Wildman–Crippen LogP) is 3.43. The van der Waals surface area contributed by atoms with Crippen LogP contribution in [0.5, 0.6) is 0 Å². The minimum atomic E-state index is -4.16. The highest BCUT2D eigenvalue weighted by atomic mass is 35.7. The zero-order valence-electron chi connectivity index (χ0n) is 11.8. The van der Waals surface area contributed by atoms with E-state index in [1.807, 2.05) is 20.8 Å². The summed E-state index contributed by atoms with van der Waals surface area (Å²) >= 11 is 5.62. The summed E-state index contributed by atoms with van der Waals surface area (Å²) in [6.45, 7) is 6.29. The number of hydrogen-bond donors (Lipinski definition) is 1. The van der Waals surface area contributed by atoms with Gasteiger partial charge in [0.1, 0.15) is 10.7 Å². The Labute approximate surface area is 133 Å². The maximum atomic E-state index is 13.8. The molecule has 0 spiro atoms. The van der Waals surface area contributed by atoms with Crippen molar-refractivity contribution in [2.24, 2.45) is 11.8 Å². The third kappa shape index (κ3) is 4.83. The number of carbonyl (C=O) groups is 1. The van der Waals surface area contributed by atoms with Crippen LogP contribution in [0.1, 0.15) is 31.1 Å². The fourth-order valence-electron chi connectivity index (χ4n) is 1.47. The molecule has 0 saturated carbocycles. The first-order chi connectivity index (χ1) is 9.54. The Kier molecular flexibility index (Phi) is 6.01. The van der Waals surface area contributed by atoms with Crippen LogP contribution in [0.2, 0.25) is 5.02 Å². The smallest absolute Gasteiger partial charge is 0.262 e. The molecule has 1 amide bonds. The molecule has 0 aliphatic rings. The lowest BCUT2D eigenvalue weighted by atomic mass is 9.98. The monoisotopic (exact) mass is 355 g/mol. The van der Waals surface area contributed by atoms with Gasteiger partial charge in [-0.2, -0.15) is 0 Å². The van der Waals surface area contributed by atoms with Crippen molar-refractivity contribution in [1.29, 1.82) is 0 Å². The summed E-state index contributed by atoms with van der Waals surface area (Å²) in [6, 6.07) is 1.60. The zero-order chi connectivity index (χ0) is 16.4. The van der Waals surface area contributed by atoms with Crippen molar-refractivity contribution in [3.63, 3.8) is 0 Å². The Morgan fingerprint density at radius 1 is 1.33 bits per heavy atom. The van der Waals surface area contributed by atoms with Crippen molar-refractivity contribution in [3.8, 4) is 0 Å². The Bertz CT molecular complexity index is 647. The van der Waals surface area contributed by atoms with Gasteiger partial charge in [-0.3, -0.25) is 4.79 Å². The van der Waals surface area contributed by atoms with Crippen LogP contribution in [0.25, 0.3) is 0 Å². The van der Waals surface area contributed by atoms with Crippen LogP contribution in [0.4, 0.5) is 4.39 Å². The summed E-state index contributed by atoms with van der Waals surface area (Å²) in [6.07, 6.45) is 0. The first-order valence-corrected chi connectivity index (χ1v) is 8.94. The summed E-state index contributed by atoms with van der Waals surface area (Å²) in [5.74, 6) is -1.07. The van der Waals surface area contributed by atoms with E-state index in [0.29, 0.717) is 12.5 Å². The molecule has 0 aliphatic carbocycles. The Hall–Kier alpha value is -0.850. The number of halogens is 3. The first kappa shape index (κ1) is 18.2. The van der Waals surface area contributed by atoms with Gasteiger partial charge in [-0.25, -0.2) is 12.8 Å². The van der Waals surface area contributed by atoms with E-state index >= 15 is 0 Å². The largest absolute Gasteiger partial charge is 0.352 e. The van der Waals surface area contributed by atoms with E-state index in [-0.39, 0.29) is 10.9 Å². The van der Waals surface area contributed by atoms with Gasteiger partial charge in [0, 0.05) is 17.2 Å². The molecule has 0 heterocycles. The summed E-state index contributed by atoms with van der Waals surface area (Å²) in [5.41, 5.74) is -0.408. The molecule has 1 aromatic carbocycles. The van der Waals surface area contributed by atoms with E-state index in [4.69, 9.17) is 22.3 Å². The van der Waals surface area contributed by atoms with Gasteiger partial charge in [0.2, 0.25) is 0 Å². The number of nitrogens with one attached hydrogen (secondary N) is 1. The van der Waals surface area contributed by atoms with Gasteiger partial charge in [0.25, 0.3) is 15.0 Å². The van der Waals surface area contributed by atoms with Crippen molar-refractivity contribution in [2.75, 3.05) is 6.54 Å². The van der Waals surface area contributed by atoms with Crippen molar-refractivity contribution in [1.82, 2.24) is 5.32 Å². The van der Waals surface area contributed by atoms with E-state index in [0.717, 1.165) is 12.1 Å². The second-order valence-corrected chi connectivity index (χ2v) is 8.07. The molecule has 0 saturated heterocycles. The summed E-state index contributed by atoms with van der Waals surface area (Å²) in [5, 5.41) is 2.19. The van der Waals surface area contributed by atoms with Gasteiger partial charge in [0.05, 0.1) is 10.6 Å². The molecular weight excluding hydrogens is 340 g/mol. The summed E-state index contributed by atoms with van der Waals surface area (Å²) in [4.78, 5) is 11.5. The molecule has 118 valence electrons. The number of benzene rings is 1. The molecular formula is C13H16Cl2FNO3S. The SMILES string of the molecule is CC(C)C(C)CNC(=O)c1cc(S(=O)(=O)Cl)c(Cl)cc1F. The zero-order valence-corrected chi connectivity index (χ0v) is 14.1. The quantitative estimate of drug-likeness (QED) is 0.823. The lowest BCUT2D eigenvalue weighted by Crippen LogP contribution is -2.30. The molecule has 0 bridgehead atoms. The molecule has 1 rings (SSSR count). The number of carbonyl (C=O) groups excluding carboxylic acids is 1. The van der Waals surface area contributed by atoms with E-state index in [9.17, 15) is 17.6 Å². The molecule has 0 fully saturated rings. The molecule has 21 heavy (non-hydrogen) atoms. The first-order valence-electron chi connectivity index (χ1n) is 6.26. The maximum Gasteiger partial charge on any atom is 0.262 e. The van der Waals surface area contributed by atoms with Crippen molar-refractivity contribution >= 4 is 37.2 Å². The Morgan fingerprint density at radius 2 is 1.90 bits per heavy atom. The lowest BCUT2D eigenvalue weighted by Gasteiger charge is -2.16. The average molecular weight is 356 g/mol. The van der Waals surface area contributed by atoms with E-state index in [2.05, 4.69) is 5.32 Å².